The second kappa shape index (κ2) is 37.1. The summed E-state index contributed by atoms with van der Waals surface area (Å²) >= 11 is 0. The number of aliphatic hydroxyl groups excluding tert-OH is 1. The average Bonchev–Trinajstić information content (AvgIpc) is 2.65. The Labute approximate surface area is 210 Å². The first-order chi connectivity index (χ1) is 13.4. The molecule has 0 aliphatic rings. The van der Waals surface area contributed by atoms with Gasteiger partial charge < -0.3 is 15.1 Å². The molecular weight excluding hydrogens is 415 g/mol. The van der Waals surface area contributed by atoms with Crippen molar-refractivity contribution in [2.45, 2.75) is 130 Å². The van der Waals surface area contributed by atoms with Gasteiger partial charge in [-0.05, 0) is 12.8 Å². The molecule has 0 saturated carbocycles. The van der Waals surface area contributed by atoms with E-state index in [0.29, 0.717) is 13.0 Å². The van der Waals surface area contributed by atoms with Crippen LogP contribution in [0.15, 0.2) is 0 Å². The van der Waals surface area contributed by atoms with E-state index in [2.05, 4.69) is 31.9 Å². The summed E-state index contributed by atoms with van der Waals surface area (Å²) in [6.45, 7) is 9.10. The van der Waals surface area contributed by atoms with Crippen LogP contribution in [0.2, 0.25) is 0 Å². The smallest absolute Gasteiger partial charge is 0.726 e. The number of aliphatic hydroxyl groups is 1. The van der Waals surface area contributed by atoms with Gasteiger partial charge in [0.2, 0.25) is 10.4 Å². The summed E-state index contributed by atoms with van der Waals surface area (Å²) in [6.07, 6.45) is 19.3. The molecule has 0 aromatic heterocycles. The van der Waals surface area contributed by atoms with Crippen molar-refractivity contribution in [3.63, 3.8) is 0 Å². The van der Waals surface area contributed by atoms with Crippen molar-refractivity contribution in [1.82, 2.24) is 0 Å². The normalized spacial score (nSPS) is 9.93. The summed E-state index contributed by atoms with van der Waals surface area (Å²) in [5.74, 6) is 0. The van der Waals surface area contributed by atoms with E-state index in [0.717, 1.165) is 25.7 Å². The Balaban J connectivity index is -0.000000133. The monoisotopic (exact) mass is 466 g/mol. The van der Waals surface area contributed by atoms with Crippen LogP contribution in [0.3, 0.4) is 0 Å². The van der Waals surface area contributed by atoms with Gasteiger partial charge in [-0.1, -0.05) is 118 Å². The quantitative estimate of drug-likeness (QED) is 0.153. The zero-order valence-electron chi connectivity index (χ0n) is 20.7. The molecule has 0 fully saturated rings. The fourth-order valence-electron chi connectivity index (χ4n) is 2.41. The second-order valence-corrected chi connectivity index (χ2v) is 8.25. The fraction of sp³-hybridized carbons (Fsp3) is 1.00. The first-order valence-corrected chi connectivity index (χ1v) is 12.9. The molecule has 8 heteroatoms. The second-order valence-electron chi connectivity index (χ2n) is 7.20. The molecule has 0 aromatic carbocycles. The summed E-state index contributed by atoms with van der Waals surface area (Å²) in [7, 11) is -4.48. The third kappa shape index (κ3) is 56.8. The molecule has 182 valence electrons. The predicted molar refractivity (Wildman–Crippen MR) is 123 cm³/mol. The Morgan fingerprint density at radius 1 is 0.633 bits per heavy atom. The maximum absolute atomic E-state index is 10.1. The zero-order chi connectivity index (χ0) is 21.9. The molecule has 0 saturated heterocycles. The van der Waals surface area contributed by atoms with Crippen LogP contribution in [-0.2, 0) is 14.6 Å². The minimum absolute atomic E-state index is 0. The van der Waals surface area contributed by atoms with Crippen molar-refractivity contribution in [1.29, 1.82) is 0 Å². The summed E-state index contributed by atoms with van der Waals surface area (Å²) in [6, 6.07) is 0. The third-order valence-corrected chi connectivity index (χ3v) is 4.65. The average molecular weight is 467 g/mol. The summed E-state index contributed by atoms with van der Waals surface area (Å²) in [4.78, 5) is 0. The molecule has 0 unspecified atom stereocenters. The Morgan fingerprint density at radius 2 is 0.933 bits per heavy atom. The van der Waals surface area contributed by atoms with E-state index in [9.17, 15) is 13.0 Å². The first-order valence-electron chi connectivity index (χ1n) is 11.6. The number of hydrogen-bond acceptors (Lipinski definition) is 5. The minimum atomic E-state index is -4.48. The summed E-state index contributed by atoms with van der Waals surface area (Å²) in [5.41, 5.74) is 0. The van der Waals surface area contributed by atoms with E-state index in [1.165, 1.54) is 70.6 Å². The van der Waals surface area contributed by atoms with Gasteiger partial charge in [0, 0.05) is 6.61 Å². The minimum Gasteiger partial charge on any atom is -0.726 e. The molecule has 6 nitrogen and oxygen atoms in total. The number of hydrogen-bond donors (Lipinski definition) is 1. The van der Waals surface area contributed by atoms with E-state index in [4.69, 9.17) is 5.11 Å². The largest absolute Gasteiger partial charge is 1.00 e. The maximum Gasteiger partial charge on any atom is 1.00 e. The SMILES string of the molecule is CCCCCC.CCCCCCCCCCCCOS(=O)(=O)[O-].CCCCO.O.[Na+]. The van der Waals surface area contributed by atoms with Crippen LogP contribution < -0.4 is 29.6 Å². The van der Waals surface area contributed by atoms with E-state index in [1.54, 1.807) is 0 Å². The molecule has 0 bridgehead atoms. The van der Waals surface area contributed by atoms with E-state index >= 15 is 0 Å². The number of rotatable bonds is 17. The van der Waals surface area contributed by atoms with Crippen LogP contribution in [0, 0.1) is 0 Å². The summed E-state index contributed by atoms with van der Waals surface area (Å²) in [5, 5.41) is 8.07. The topological polar surface area (TPSA) is 118 Å². The van der Waals surface area contributed by atoms with Crippen LogP contribution in [0.4, 0.5) is 0 Å². The fourth-order valence-corrected chi connectivity index (χ4v) is 2.73. The molecule has 0 rings (SSSR count). The van der Waals surface area contributed by atoms with Crippen molar-refractivity contribution in [3.8, 4) is 0 Å². The van der Waals surface area contributed by atoms with Gasteiger partial charge in [-0.2, -0.15) is 0 Å². The van der Waals surface area contributed by atoms with Gasteiger partial charge in [0.25, 0.3) is 0 Å². The van der Waals surface area contributed by atoms with Crippen LogP contribution in [0.5, 0.6) is 0 Å². The van der Waals surface area contributed by atoms with Gasteiger partial charge in [0.15, 0.2) is 0 Å². The predicted octanol–water partition coefficient (Wildman–Crippen LogP) is 2.93. The third-order valence-electron chi connectivity index (χ3n) is 4.19. The van der Waals surface area contributed by atoms with E-state index in [1.807, 2.05) is 0 Å². The Hall–Kier alpha value is 0.790. The molecule has 0 heterocycles. The van der Waals surface area contributed by atoms with Crippen molar-refractivity contribution in [2.24, 2.45) is 0 Å². The van der Waals surface area contributed by atoms with Gasteiger partial charge in [-0.15, -0.1) is 0 Å². The molecule has 0 aliphatic carbocycles. The van der Waals surface area contributed by atoms with Crippen LogP contribution in [-0.4, -0.2) is 36.8 Å². The number of unbranched alkanes of at least 4 members (excludes halogenated alkanes) is 13. The van der Waals surface area contributed by atoms with Gasteiger partial charge in [0.05, 0.1) is 6.61 Å². The van der Waals surface area contributed by atoms with E-state index in [-0.39, 0.29) is 41.6 Å². The molecule has 30 heavy (non-hydrogen) atoms. The molecule has 3 N–H and O–H groups in total. The Morgan fingerprint density at radius 3 is 1.20 bits per heavy atom. The van der Waals surface area contributed by atoms with Crippen molar-refractivity contribution < 1.29 is 57.3 Å². The van der Waals surface area contributed by atoms with Crippen molar-refractivity contribution in [2.75, 3.05) is 13.2 Å². The van der Waals surface area contributed by atoms with Crippen LogP contribution >= 0.6 is 0 Å². The maximum atomic E-state index is 10.1. The molecule has 0 atom stereocenters. The van der Waals surface area contributed by atoms with Gasteiger partial charge in [-0.25, -0.2) is 8.42 Å². The molecule has 0 aromatic rings. The molecule has 0 spiro atoms. The molecule has 0 amide bonds. The zero-order valence-corrected chi connectivity index (χ0v) is 23.5. The van der Waals surface area contributed by atoms with Gasteiger partial charge in [0.1, 0.15) is 0 Å². The standard InChI is InChI=1S/C12H26O4S.C6H14.C4H10O.Na.H2O/c1-2-3-4-5-6-7-8-9-10-11-12-16-17(13,14)15;1-3-5-6-4-2;1-2-3-4-5;;/h2-12H2,1H3,(H,13,14,15);3-6H2,1-2H3;5H,2-4H2,1H3;;1H2/q;;;+1;/p-1. The van der Waals surface area contributed by atoms with Gasteiger partial charge >= 0.3 is 29.6 Å². The molecule has 0 radical (unpaired) electrons. The van der Waals surface area contributed by atoms with Crippen molar-refractivity contribution in [3.05, 3.63) is 0 Å². The van der Waals surface area contributed by atoms with E-state index < -0.39 is 10.4 Å². The first kappa shape index (κ1) is 41.1. The van der Waals surface area contributed by atoms with Crippen molar-refractivity contribution >= 4 is 10.4 Å². The van der Waals surface area contributed by atoms with Crippen LogP contribution in [0.1, 0.15) is 130 Å². The molecular formula is C22H51NaO6S. The van der Waals surface area contributed by atoms with Gasteiger partial charge in [-0.3, -0.25) is 4.18 Å². The van der Waals surface area contributed by atoms with Crippen LogP contribution in [0.25, 0.3) is 0 Å². The Bertz CT molecular complexity index is 348. The summed E-state index contributed by atoms with van der Waals surface area (Å²) < 4.78 is 34.5. The Kier molecular flexibility index (Phi) is 50.8. The molecule has 0 aliphatic heterocycles.